The number of hydrogen-bond donors (Lipinski definition) is 5. The van der Waals surface area contributed by atoms with E-state index in [1.807, 2.05) is 13.0 Å². The average molecular weight is 533 g/mol. The molecular weight excluding hydrogens is 504 g/mol. The van der Waals surface area contributed by atoms with Gasteiger partial charge in [-0.1, -0.05) is 11.6 Å². The number of nitrogens with zero attached hydrogens (tertiary/aromatic N) is 1. The van der Waals surface area contributed by atoms with Gasteiger partial charge in [0.25, 0.3) is 5.91 Å². The lowest BCUT2D eigenvalue weighted by Crippen LogP contribution is -2.46. The number of hydrazine groups is 1. The molecule has 186 valence electrons. The number of carbonyl (C=O) groups is 2. The van der Waals surface area contributed by atoms with Crippen molar-refractivity contribution in [2.45, 2.75) is 57.9 Å². The first-order chi connectivity index (χ1) is 16.9. The molecule has 3 aliphatic rings. The largest absolute Gasteiger partial charge is 0.358 e. The standard InChI is InChI=1S/C24H29ClN6O2S2/c1-12-17(7-9-19(25)27-12)30-31-24(34)28-15-6-8-18-16(10-15)20(22(33)26-11-13-2-3-13)23(35-18)29-21(32)14-4-5-14/h7,9,13-15,30H,2-6,8,10-11H2,1H3,(H,26,33)(H,29,32)(H2,28,31,34)/t15-/m0/s1. The molecule has 0 radical (unpaired) electrons. The predicted octanol–water partition coefficient (Wildman–Crippen LogP) is 3.94. The summed E-state index contributed by atoms with van der Waals surface area (Å²) >= 11 is 13.0. The fraction of sp³-hybridized carbons (Fsp3) is 0.500. The number of aryl methyl sites for hydroxylation is 2. The van der Waals surface area contributed by atoms with Gasteiger partial charge in [0.05, 0.1) is 16.9 Å². The number of pyridine rings is 1. The third-order valence-electron chi connectivity index (χ3n) is 6.62. The molecule has 0 unspecified atom stereocenters. The second-order valence-electron chi connectivity index (χ2n) is 9.55. The minimum atomic E-state index is -0.0887. The second kappa shape index (κ2) is 10.3. The summed E-state index contributed by atoms with van der Waals surface area (Å²) in [6.07, 6.45) is 6.58. The Balaban J connectivity index is 1.25. The molecule has 1 atom stereocenters. The van der Waals surface area contributed by atoms with Crippen LogP contribution in [0.25, 0.3) is 0 Å². The Kier molecular flexibility index (Phi) is 7.13. The lowest BCUT2D eigenvalue weighted by atomic mass is 9.91. The predicted molar refractivity (Wildman–Crippen MR) is 143 cm³/mol. The summed E-state index contributed by atoms with van der Waals surface area (Å²) in [6, 6.07) is 3.62. The highest BCUT2D eigenvalue weighted by atomic mass is 35.5. The Morgan fingerprint density at radius 3 is 2.71 bits per heavy atom. The summed E-state index contributed by atoms with van der Waals surface area (Å²) in [5.41, 5.74) is 9.28. The van der Waals surface area contributed by atoms with Gasteiger partial charge in [-0.15, -0.1) is 11.3 Å². The first-order valence-electron chi connectivity index (χ1n) is 12.1. The molecule has 2 fully saturated rings. The van der Waals surface area contributed by atoms with E-state index in [0.717, 1.165) is 42.6 Å². The van der Waals surface area contributed by atoms with Crippen molar-refractivity contribution in [2.75, 3.05) is 17.3 Å². The van der Waals surface area contributed by atoms with E-state index in [1.54, 1.807) is 17.4 Å². The van der Waals surface area contributed by atoms with Gasteiger partial charge in [0, 0.05) is 23.4 Å². The van der Waals surface area contributed by atoms with Crippen molar-refractivity contribution in [1.82, 2.24) is 21.0 Å². The van der Waals surface area contributed by atoms with Gasteiger partial charge in [-0.3, -0.25) is 20.4 Å². The summed E-state index contributed by atoms with van der Waals surface area (Å²) < 4.78 is 0. The molecule has 2 aromatic rings. The number of fused-ring (bicyclic) bond motifs is 1. The van der Waals surface area contributed by atoms with Crippen molar-refractivity contribution in [3.8, 4) is 0 Å². The maximum atomic E-state index is 13.2. The molecular formula is C24H29ClN6O2S2. The molecule has 2 saturated carbocycles. The van der Waals surface area contributed by atoms with Gasteiger partial charge in [-0.05, 0) is 87.7 Å². The quantitative estimate of drug-likeness (QED) is 0.199. The zero-order valence-electron chi connectivity index (χ0n) is 19.5. The van der Waals surface area contributed by atoms with Crippen molar-refractivity contribution in [3.05, 3.63) is 39.0 Å². The zero-order valence-corrected chi connectivity index (χ0v) is 21.9. The van der Waals surface area contributed by atoms with Gasteiger partial charge in [-0.2, -0.15) is 0 Å². The van der Waals surface area contributed by atoms with Crippen molar-refractivity contribution in [1.29, 1.82) is 0 Å². The zero-order chi connectivity index (χ0) is 24.5. The van der Waals surface area contributed by atoms with E-state index in [9.17, 15) is 9.59 Å². The monoisotopic (exact) mass is 532 g/mol. The molecule has 0 bridgehead atoms. The van der Waals surface area contributed by atoms with Gasteiger partial charge in [0.1, 0.15) is 10.2 Å². The molecule has 5 N–H and O–H groups in total. The number of amides is 2. The number of nitrogens with one attached hydrogen (secondary N) is 5. The lowest BCUT2D eigenvalue weighted by Gasteiger charge is -2.26. The smallest absolute Gasteiger partial charge is 0.254 e. The minimum absolute atomic E-state index is 0.0259. The first-order valence-corrected chi connectivity index (χ1v) is 13.7. The number of aromatic nitrogens is 1. The Morgan fingerprint density at radius 2 is 2.00 bits per heavy atom. The highest BCUT2D eigenvalue weighted by Crippen LogP contribution is 2.40. The van der Waals surface area contributed by atoms with Crippen LogP contribution in [0.3, 0.4) is 0 Å². The summed E-state index contributed by atoms with van der Waals surface area (Å²) in [5.74, 6) is 0.608. The minimum Gasteiger partial charge on any atom is -0.358 e. The van der Waals surface area contributed by atoms with E-state index < -0.39 is 0 Å². The molecule has 2 heterocycles. The Labute approximate surface area is 219 Å². The van der Waals surface area contributed by atoms with E-state index >= 15 is 0 Å². The number of carbonyl (C=O) groups excluding carboxylic acids is 2. The summed E-state index contributed by atoms with van der Waals surface area (Å²) in [4.78, 5) is 31.1. The highest BCUT2D eigenvalue weighted by molar-refractivity contribution is 7.80. The van der Waals surface area contributed by atoms with Crippen LogP contribution in [0, 0.1) is 18.8 Å². The molecule has 2 amide bonds. The molecule has 8 nitrogen and oxygen atoms in total. The third kappa shape index (κ3) is 6.05. The molecule has 2 aromatic heterocycles. The van der Waals surface area contributed by atoms with Gasteiger partial charge in [-0.25, -0.2) is 4.98 Å². The molecule has 5 rings (SSSR count). The van der Waals surface area contributed by atoms with E-state index in [4.69, 9.17) is 23.8 Å². The number of hydrogen-bond acceptors (Lipinski definition) is 6. The molecule has 0 aliphatic heterocycles. The SMILES string of the molecule is Cc1nc(Cl)ccc1NNC(=S)N[C@H]1CCc2sc(NC(=O)C3CC3)c(C(=O)NCC3CC3)c2C1. The van der Waals surface area contributed by atoms with Crippen LogP contribution < -0.4 is 26.8 Å². The van der Waals surface area contributed by atoms with Gasteiger partial charge in [0.2, 0.25) is 5.91 Å². The van der Waals surface area contributed by atoms with Crippen LogP contribution in [-0.4, -0.2) is 34.5 Å². The van der Waals surface area contributed by atoms with E-state index in [0.29, 0.717) is 39.7 Å². The molecule has 0 spiro atoms. The van der Waals surface area contributed by atoms with Crippen LogP contribution in [0.15, 0.2) is 12.1 Å². The summed E-state index contributed by atoms with van der Waals surface area (Å²) in [7, 11) is 0. The maximum Gasteiger partial charge on any atom is 0.254 e. The summed E-state index contributed by atoms with van der Waals surface area (Å²) in [5, 5.41) is 11.1. The summed E-state index contributed by atoms with van der Waals surface area (Å²) in [6.45, 7) is 2.56. The number of halogens is 1. The van der Waals surface area contributed by atoms with Crippen LogP contribution in [0.2, 0.25) is 5.15 Å². The van der Waals surface area contributed by atoms with Gasteiger partial charge < -0.3 is 16.0 Å². The number of thiophene rings is 1. The van der Waals surface area contributed by atoms with Crippen molar-refractivity contribution < 1.29 is 9.59 Å². The Morgan fingerprint density at radius 1 is 1.20 bits per heavy atom. The lowest BCUT2D eigenvalue weighted by molar-refractivity contribution is -0.117. The van der Waals surface area contributed by atoms with Crippen molar-refractivity contribution in [3.63, 3.8) is 0 Å². The number of anilines is 2. The molecule has 3 aliphatic carbocycles. The molecule has 11 heteroatoms. The molecule has 35 heavy (non-hydrogen) atoms. The normalized spacial score (nSPS) is 18.9. The van der Waals surface area contributed by atoms with Crippen LogP contribution in [-0.2, 0) is 17.6 Å². The van der Waals surface area contributed by atoms with E-state index in [-0.39, 0.29) is 23.8 Å². The fourth-order valence-electron chi connectivity index (χ4n) is 4.25. The maximum absolute atomic E-state index is 13.2. The van der Waals surface area contributed by atoms with Crippen LogP contribution in [0.5, 0.6) is 0 Å². The number of thiocarbonyl (C=S) groups is 1. The Bertz CT molecular complexity index is 1160. The molecule has 0 saturated heterocycles. The fourth-order valence-corrected chi connectivity index (χ4v) is 5.90. The van der Waals surface area contributed by atoms with E-state index in [2.05, 4.69) is 31.8 Å². The topological polar surface area (TPSA) is 107 Å². The first kappa shape index (κ1) is 24.3. The third-order valence-corrected chi connectivity index (χ3v) is 8.26. The second-order valence-corrected chi connectivity index (χ2v) is 11.5. The van der Waals surface area contributed by atoms with Gasteiger partial charge in [0.15, 0.2) is 5.11 Å². The highest BCUT2D eigenvalue weighted by Gasteiger charge is 2.34. The van der Waals surface area contributed by atoms with Crippen molar-refractivity contribution in [2.24, 2.45) is 11.8 Å². The van der Waals surface area contributed by atoms with Gasteiger partial charge >= 0.3 is 0 Å². The average Bonchev–Trinajstić information content (AvgIpc) is 3.73. The van der Waals surface area contributed by atoms with Crippen LogP contribution >= 0.6 is 35.2 Å². The Hall–Kier alpha value is -2.43. The van der Waals surface area contributed by atoms with E-state index in [1.165, 1.54) is 17.7 Å². The molecule has 0 aromatic carbocycles. The van der Waals surface area contributed by atoms with Crippen LogP contribution in [0.4, 0.5) is 10.7 Å². The van der Waals surface area contributed by atoms with Crippen molar-refractivity contribution >= 4 is 62.8 Å². The van der Waals surface area contributed by atoms with Crippen LogP contribution in [0.1, 0.15) is 58.6 Å². The number of rotatable bonds is 8.